The van der Waals surface area contributed by atoms with Crippen molar-refractivity contribution < 1.29 is 4.74 Å². The van der Waals surface area contributed by atoms with Gasteiger partial charge in [0, 0.05) is 10.5 Å². The molecule has 1 heterocycles. The molecule has 4 heteroatoms. The van der Waals surface area contributed by atoms with Crippen LogP contribution in [0.5, 0.6) is 0 Å². The van der Waals surface area contributed by atoms with Gasteiger partial charge in [-0.25, -0.2) is 0 Å². The first-order valence-corrected chi connectivity index (χ1v) is 7.66. The molecule has 1 aliphatic rings. The average molecular weight is 337 g/mol. The first kappa shape index (κ1) is 15.3. The summed E-state index contributed by atoms with van der Waals surface area (Å²) in [6, 6.07) is 8.31. The molecule has 0 saturated carbocycles. The number of nitrogens with one attached hydrogen (secondary N) is 1. The van der Waals surface area contributed by atoms with E-state index in [2.05, 4.69) is 55.0 Å². The topological polar surface area (TPSA) is 45.0 Å². The zero-order chi connectivity index (χ0) is 15.0. The third kappa shape index (κ3) is 3.74. The van der Waals surface area contributed by atoms with Crippen molar-refractivity contribution in [3.05, 3.63) is 28.2 Å². The van der Waals surface area contributed by atoms with E-state index in [1.807, 2.05) is 18.2 Å². The van der Waals surface area contributed by atoms with Gasteiger partial charge in [0.1, 0.15) is 6.07 Å². The number of nitriles is 1. The molecule has 0 atom stereocenters. The van der Waals surface area contributed by atoms with Gasteiger partial charge in [0.15, 0.2) is 0 Å². The number of anilines is 1. The largest absolute Gasteiger partial charge is 0.381 e. The van der Waals surface area contributed by atoms with Gasteiger partial charge in [0.05, 0.1) is 22.5 Å². The number of ether oxygens (including phenoxy) is 1. The van der Waals surface area contributed by atoms with Crippen LogP contribution in [0.15, 0.2) is 22.7 Å². The first-order chi connectivity index (χ1) is 9.21. The normalized spacial score (nSPS) is 21.2. The Morgan fingerprint density at radius 3 is 2.40 bits per heavy atom. The molecule has 0 spiro atoms. The fourth-order valence-corrected chi connectivity index (χ4v) is 3.51. The molecule has 0 aromatic heterocycles. The van der Waals surface area contributed by atoms with E-state index >= 15 is 0 Å². The van der Waals surface area contributed by atoms with Crippen molar-refractivity contribution in [1.82, 2.24) is 0 Å². The fraction of sp³-hybridized carbons (Fsp3) is 0.562. The van der Waals surface area contributed by atoms with Crippen LogP contribution in [0.4, 0.5) is 5.69 Å². The zero-order valence-corrected chi connectivity index (χ0v) is 14.0. The Hall–Kier alpha value is -1.05. The summed E-state index contributed by atoms with van der Waals surface area (Å²) in [7, 11) is 0. The van der Waals surface area contributed by atoms with Gasteiger partial charge in [-0.15, -0.1) is 0 Å². The van der Waals surface area contributed by atoms with Crippen molar-refractivity contribution in [3.63, 3.8) is 0 Å². The van der Waals surface area contributed by atoms with Crippen LogP contribution < -0.4 is 5.32 Å². The highest BCUT2D eigenvalue weighted by Crippen LogP contribution is 2.36. The molecule has 1 N–H and O–H groups in total. The maximum absolute atomic E-state index is 9.24. The number of hydrogen-bond donors (Lipinski definition) is 1. The predicted molar refractivity (Wildman–Crippen MR) is 84.7 cm³/mol. The van der Waals surface area contributed by atoms with E-state index in [0.717, 1.165) is 23.0 Å². The standard InChI is InChI=1S/C16H21BrN2O/c1-15(2)8-13(9-16(3,4)20-15)19-14-6-5-12(17)7-11(14)10-18/h5-7,13,19H,8-9H2,1-4H3. The lowest BCUT2D eigenvalue weighted by Gasteiger charge is -2.45. The van der Waals surface area contributed by atoms with Gasteiger partial charge >= 0.3 is 0 Å². The summed E-state index contributed by atoms with van der Waals surface area (Å²) >= 11 is 3.40. The molecule has 1 aromatic rings. The number of nitrogens with zero attached hydrogens (tertiary/aromatic N) is 1. The molecule has 0 aliphatic carbocycles. The Kier molecular flexibility index (Phi) is 4.13. The molecule has 0 amide bonds. The molecule has 1 aliphatic heterocycles. The summed E-state index contributed by atoms with van der Waals surface area (Å²) in [5.74, 6) is 0. The molecule has 1 saturated heterocycles. The maximum Gasteiger partial charge on any atom is 0.101 e. The summed E-state index contributed by atoms with van der Waals surface area (Å²) in [5, 5.41) is 12.8. The molecule has 2 rings (SSSR count). The zero-order valence-electron chi connectivity index (χ0n) is 12.5. The van der Waals surface area contributed by atoms with E-state index < -0.39 is 0 Å². The Bertz CT molecular complexity index is 530. The van der Waals surface area contributed by atoms with Crippen molar-refractivity contribution >= 4 is 21.6 Å². The van der Waals surface area contributed by atoms with Crippen molar-refractivity contribution in [3.8, 4) is 6.07 Å². The third-order valence-electron chi connectivity index (χ3n) is 3.49. The molecule has 108 valence electrons. The lowest BCUT2D eigenvalue weighted by molar-refractivity contribution is -0.158. The highest BCUT2D eigenvalue weighted by Gasteiger charge is 2.39. The van der Waals surface area contributed by atoms with Crippen LogP contribution in [0.2, 0.25) is 0 Å². The van der Waals surface area contributed by atoms with Crippen molar-refractivity contribution in [1.29, 1.82) is 5.26 Å². The smallest absolute Gasteiger partial charge is 0.101 e. The Balaban J connectivity index is 2.20. The van der Waals surface area contributed by atoms with E-state index in [-0.39, 0.29) is 11.2 Å². The van der Waals surface area contributed by atoms with E-state index in [4.69, 9.17) is 4.74 Å². The van der Waals surface area contributed by atoms with Gasteiger partial charge in [-0.1, -0.05) is 15.9 Å². The Morgan fingerprint density at radius 1 is 1.25 bits per heavy atom. The number of rotatable bonds is 2. The van der Waals surface area contributed by atoms with Crippen molar-refractivity contribution in [2.45, 2.75) is 57.8 Å². The molecule has 1 fully saturated rings. The van der Waals surface area contributed by atoms with Gasteiger partial charge in [0.2, 0.25) is 0 Å². The molecular formula is C16H21BrN2O. The second-order valence-electron chi connectivity index (χ2n) is 6.67. The molecule has 0 bridgehead atoms. The van der Waals surface area contributed by atoms with Gasteiger partial charge in [0.25, 0.3) is 0 Å². The summed E-state index contributed by atoms with van der Waals surface area (Å²) < 4.78 is 7.02. The first-order valence-electron chi connectivity index (χ1n) is 6.87. The highest BCUT2D eigenvalue weighted by molar-refractivity contribution is 9.10. The Labute approximate surface area is 129 Å². The van der Waals surface area contributed by atoms with Gasteiger partial charge < -0.3 is 10.1 Å². The van der Waals surface area contributed by atoms with Crippen LogP contribution in [0.1, 0.15) is 46.1 Å². The monoisotopic (exact) mass is 336 g/mol. The van der Waals surface area contributed by atoms with Gasteiger partial charge in [-0.2, -0.15) is 5.26 Å². The van der Waals surface area contributed by atoms with Crippen LogP contribution in [0.25, 0.3) is 0 Å². The second-order valence-corrected chi connectivity index (χ2v) is 7.59. The number of benzene rings is 1. The van der Waals surface area contributed by atoms with Crippen molar-refractivity contribution in [2.75, 3.05) is 5.32 Å². The van der Waals surface area contributed by atoms with Crippen molar-refractivity contribution in [2.24, 2.45) is 0 Å². The Morgan fingerprint density at radius 2 is 1.85 bits per heavy atom. The van der Waals surface area contributed by atoms with Crippen LogP contribution >= 0.6 is 15.9 Å². The van der Waals surface area contributed by atoms with Crippen LogP contribution in [-0.2, 0) is 4.74 Å². The van der Waals surface area contributed by atoms with Gasteiger partial charge in [-0.05, 0) is 58.7 Å². The van der Waals surface area contributed by atoms with E-state index in [1.54, 1.807) is 0 Å². The maximum atomic E-state index is 9.24. The van der Waals surface area contributed by atoms with Crippen LogP contribution in [0.3, 0.4) is 0 Å². The summed E-state index contributed by atoms with van der Waals surface area (Å²) in [5.41, 5.74) is 1.26. The second kappa shape index (κ2) is 5.38. The number of hydrogen-bond acceptors (Lipinski definition) is 3. The average Bonchev–Trinajstić information content (AvgIpc) is 2.27. The minimum absolute atomic E-state index is 0.151. The summed E-state index contributed by atoms with van der Waals surface area (Å²) in [6.45, 7) is 8.48. The van der Waals surface area contributed by atoms with E-state index in [0.29, 0.717) is 11.6 Å². The fourth-order valence-electron chi connectivity index (χ4n) is 3.15. The van der Waals surface area contributed by atoms with E-state index in [1.165, 1.54) is 0 Å². The minimum atomic E-state index is -0.151. The molecule has 20 heavy (non-hydrogen) atoms. The number of halogens is 1. The quantitative estimate of drug-likeness (QED) is 0.866. The minimum Gasteiger partial charge on any atom is -0.381 e. The molecule has 3 nitrogen and oxygen atoms in total. The van der Waals surface area contributed by atoms with E-state index in [9.17, 15) is 5.26 Å². The third-order valence-corrected chi connectivity index (χ3v) is 3.98. The van der Waals surface area contributed by atoms with Gasteiger partial charge in [-0.3, -0.25) is 0 Å². The molecule has 1 aromatic carbocycles. The molecular weight excluding hydrogens is 316 g/mol. The molecule has 0 unspecified atom stereocenters. The lowest BCUT2D eigenvalue weighted by atomic mass is 9.85. The highest BCUT2D eigenvalue weighted by atomic mass is 79.9. The lowest BCUT2D eigenvalue weighted by Crippen LogP contribution is -2.49. The van der Waals surface area contributed by atoms with Crippen LogP contribution in [0, 0.1) is 11.3 Å². The predicted octanol–water partition coefficient (Wildman–Crippen LogP) is 4.47. The molecule has 0 radical (unpaired) electrons. The van der Waals surface area contributed by atoms with Crippen LogP contribution in [-0.4, -0.2) is 17.2 Å². The summed E-state index contributed by atoms with van der Waals surface area (Å²) in [4.78, 5) is 0. The summed E-state index contributed by atoms with van der Waals surface area (Å²) in [6.07, 6.45) is 1.86. The SMILES string of the molecule is CC1(C)CC(Nc2ccc(Br)cc2C#N)CC(C)(C)O1.